The van der Waals surface area contributed by atoms with Crippen LogP contribution in [-0.4, -0.2) is 27.1 Å². The van der Waals surface area contributed by atoms with Crippen LogP contribution >= 0.6 is 0 Å². The van der Waals surface area contributed by atoms with Crippen LogP contribution < -0.4 is 24.6 Å². The number of nitrogens with zero attached hydrogens (tertiary/aromatic N) is 1. The van der Waals surface area contributed by atoms with Gasteiger partial charge in [-0.15, -0.1) is 0 Å². The van der Waals surface area contributed by atoms with E-state index in [1.807, 2.05) is 24.3 Å². The molecular formula is C13H16LiN3O2. The van der Waals surface area contributed by atoms with Crippen LogP contribution in [0.3, 0.4) is 0 Å². The molecule has 0 aliphatic carbocycles. The van der Waals surface area contributed by atoms with Crippen molar-refractivity contribution in [1.82, 2.24) is 9.97 Å². The van der Waals surface area contributed by atoms with Gasteiger partial charge in [0.2, 0.25) is 0 Å². The van der Waals surface area contributed by atoms with Crippen molar-refractivity contribution in [2.75, 3.05) is 0 Å². The molecule has 5 nitrogen and oxygen atoms in total. The van der Waals surface area contributed by atoms with Crippen molar-refractivity contribution in [3.8, 4) is 11.3 Å². The third kappa shape index (κ3) is 3.96. The van der Waals surface area contributed by atoms with Crippen LogP contribution in [0.1, 0.15) is 13.4 Å². The van der Waals surface area contributed by atoms with Crippen LogP contribution in [0.4, 0.5) is 0 Å². The van der Waals surface area contributed by atoms with Crippen molar-refractivity contribution < 1.29 is 30.2 Å². The number of aromatic amines is 1. The van der Waals surface area contributed by atoms with Gasteiger partial charge in [-0.1, -0.05) is 24.3 Å². The molecule has 0 spiro atoms. The van der Waals surface area contributed by atoms with Crippen LogP contribution in [0.2, 0.25) is 0 Å². The predicted octanol–water partition coefficient (Wildman–Crippen LogP) is -1.46. The average Bonchev–Trinajstić information content (AvgIpc) is 2.89. The van der Waals surface area contributed by atoms with Gasteiger partial charge < -0.3 is 17.3 Å². The molecule has 1 aromatic heterocycles. The van der Waals surface area contributed by atoms with E-state index in [9.17, 15) is 4.79 Å². The fourth-order valence-corrected chi connectivity index (χ4v) is 1.84. The molecule has 0 amide bonds. The number of aromatic nitrogens is 2. The first-order chi connectivity index (χ1) is 8.68. The van der Waals surface area contributed by atoms with Crippen molar-refractivity contribution in [3.05, 3.63) is 42.4 Å². The van der Waals surface area contributed by atoms with E-state index >= 15 is 0 Å². The standard InChI is InChI=1S/C13H15N3O2.Li.H/c14-11(13(17)18)6-5-9-3-1-2-4-10(9)12-7-15-8-16-12;;/h1-4,7-8,11H,5-6,14H2,(H,15,16)(H,17,18);;/q;+1;-1. The van der Waals surface area contributed by atoms with Gasteiger partial charge in [-0.3, -0.25) is 4.79 Å². The van der Waals surface area contributed by atoms with Gasteiger partial charge in [0.05, 0.1) is 18.2 Å². The van der Waals surface area contributed by atoms with E-state index in [-0.39, 0.29) is 20.3 Å². The summed E-state index contributed by atoms with van der Waals surface area (Å²) in [6, 6.07) is 7.01. The maximum Gasteiger partial charge on any atom is 1.00 e. The number of hydrogen-bond acceptors (Lipinski definition) is 3. The Labute approximate surface area is 124 Å². The quantitative estimate of drug-likeness (QED) is 0.568. The molecule has 1 heterocycles. The molecule has 0 aliphatic heterocycles. The second kappa shape index (κ2) is 7.15. The summed E-state index contributed by atoms with van der Waals surface area (Å²) in [5.74, 6) is -0.964. The summed E-state index contributed by atoms with van der Waals surface area (Å²) in [5.41, 5.74) is 8.54. The number of nitrogens with one attached hydrogen (secondary N) is 1. The molecule has 0 saturated heterocycles. The first kappa shape index (κ1) is 15.5. The Morgan fingerprint density at radius 1 is 1.47 bits per heavy atom. The Morgan fingerprint density at radius 3 is 2.84 bits per heavy atom. The van der Waals surface area contributed by atoms with Crippen LogP contribution in [0.25, 0.3) is 11.3 Å². The van der Waals surface area contributed by atoms with E-state index in [1.54, 1.807) is 12.5 Å². The summed E-state index contributed by atoms with van der Waals surface area (Å²) >= 11 is 0. The molecule has 0 bridgehead atoms. The summed E-state index contributed by atoms with van der Waals surface area (Å²) in [6.07, 6.45) is 4.41. The number of carbonyl (C=O) groups is 1. The zero-order valence-corrected chi connectivity index (χ0v) is 10.8. The minimum atomic E-state index is -0.964. The number of aryl methyl sites for hydroxylation is 1. The van der Waals surface area contributed by atoms with Gasteiger partial charge in [-0.05, 0) is 18.4 Å². The molecule has 96 valence electrons. The molecule has 1 atom stereocenters. The van der Waals surface area contributed by atoms with E-state index in [0.29, 0.717) is 12.8 Å². The zero-order valence-electron chi connectivity index (χ0n) is 11.8. The molecular weight excluding hydrogens is 237 g/mol. The first-order valence-corrected chi connectivity index (χ1v) is 5.73. The zero-order chi connectivity index (χ0) is 13.0. The minimum absolute atomic E-state index is 0. The van der Waals surface area contributed by atoms with E-state index in [0.717, 1.165) is 16.8 Å². The smallest absolute Gasteiger partial charge is 1.00 e. The van der Waals surface area contributed by atoms with Crippen LogP contribution in [-0.2, 0) is 11.2 Å². The molecule has 1 aromatic carbocycles. The van der Waals surface area contributed by atoms with Gasteiger partial charge in [0.15, 0.2) is 0 Å². The number of imidazole rings is 1. The van der Waals surface area contributed by atoms with Crippen molar-refractivity contribution in [3.63, 3.8) is 0 Å². The second-order valence-corrected chi connectivity index (χ2v) is 4.11. The van der Waals surface area contributed by atoms with Crippen molar-refractivity contribution >= 4 is 5.97 Å². The Balaban J connectivity index is 0.00000180. The topological polar surface area (TPSA) is 92.0 Å². The average molecular weight is 253 g/mol. The third-order valence-electron chi connectivity index (χ3n) is 2.85. The van der Waals surface area contributed by atoms with E-state index in [2.05, 4.69) is 9.97 Å². The minimum Gasteiger partial charge on any atom is -1.00 e. The van der Waals surface area contributed by atoms with Gasteiger partial charge in [-0.25, -0.2) is 4.98 Å². The van der Waals surface area contributed by atoms with Gasteiger partial charge in [0.25, 0.3) is 0 Å². The Hall–Kier alpha value is -1.54. The molecule has 0 saturated carbocycles. The van der Waals surface area contributed by atoms with E-state index < -0.39 is 12.0 Å². The molecule has 0 radical (unpaired) electrons. The number of nitrogens with two attached hydrogens (primary N) is 1. The summed E-state index contributed by atoms with van der Waals surface area (Å²) in [5, 5.41) is 8.77. The summed E-state index contributed by atoms with van der Waals surface area (Å²) < 4.78 is 0. The largest absolute Gasteiger partial charge is 1.00 e. The van der Waals surface area contributed by atoms with Crippen molar-refractivity contribution in [1.29, 1.82) is 0 Å². The number of aliphatic carboxylic acids is 1. The number of benzene rings is 1. The Kier molecular flexibility index (Phi) is 5.84. The summed E-state index contributed by atoms with van der Waals surface area (Å²) in [4.78, 5) is 17.7. The first-order valence-electron chi connectivity index (χ1n) is 5.73. The normalized spacial score (nSPS) is 11.6. The molecule has 19 heavy (non-hydrogen) atoms. The third-order valence-corrected chi connectivity index (χ3v) is 2.85. The number of carboxylic acids is 1. The van der Waals surface area contributed by atoms with Crippen LogP contribution in [0, 0.1) is 0 Å². The summed E-state index contributed by atoms with van der Waals surface area (Å²) in [6.45, 7) is 0. The monoisotopic (exact) mass is 253 g/mol. The van der Waals surface area contributed by atoms with Gasteiger partial charge in [-0.2, -0.15) is 0 Å². The van der Waals surface area contributed by atoms with E-state index in [4.69, 9.17) is 10.8 Å². The Morgan fingerprint density at radius 2 is 2.21 bits per heavy atom. The molecule has 2 aromatic rings. The fraction of sp³-hybridized carbons (Fsp3) is 0.231. The van der Waals surface area contributed by atoms with Gasteiger partial charge in [0.1, 0.15) is 6.04 Å². The number of rotatable bonds is 5. The van der Waals surface area contributed by atoms with Crippen molar-refractivity contribution in [2.24, 2.45) is 5.73 Å². The summed E-state index contributed by atoms with van der Waals surface area (Å²) in [7, 11) is 0. The molecule has 0 aliphatic rings. The molecule has 6 heteroatoms. The van der Waals surface area contributed by atoms with Gasteiger partial charge in [0, 0.05) is 5.56 Å². The number of carboxylic acid groups (broad SMARTS) is 1. The van der Waals surface area contributed by atoms with E-state index in [1.165, 1.54) is 0 Å². The van der Waals surface area contributed by atoms with Crippen LogP contribution in [0.5, 0.6) is 0 Å². The number of H-pyrrole nitrogens is 1. The molecule has 2 rings (SSSR count). The maximum atomic E-state index is 10.7. The second-order valence-electron chi connectivity index (χ2n) is 4.11. The number of hydrogen-bond donors (Lipinski definition) is 3. The van der Waals surface area contributed by atoms with Gasteiger partial charge >= 0.3 is 24.8 Å². The predicted molar refractivity (Wildman–Crippen MR) is 69.1 cm³/mol. The maximum absolute atomic E-state index is 10.7. The van der Waals surface area contributed by atoms with Crippen molar-refractivity contribution in [2.45, 2.75) is 18.9 Å². The molecule has 4 N–H and O–H groups in total. The fourth-order valence-electron chi connectivity index (χ4n) is 1.84. The SMILES string of the molecule is NC(CCc1ccccc1-c1cnc[nH]1)C(=O)O.[H-].[Li+]. The Bertz CT molecular complexity index is 534. The molecule has 0 fully saturated rings. The molecule has 1 unspecified atom stereocenters. The van der Waals surface area contributed by atoms with Crippen LogP contribution in [0.15, 0.2) is 36.8 Å².